The molecule has 4 aromatic heterocycles. The summed E-state index contributed by atoms with van der Waals surface area (Å²) in [6.45, 7) is 6.31. The van der Waals surface area contributed by atoms with Crippen molar-refractivity contribution in [3.8, 4) is 22.6 Å². The van der Waals surface area contributed by atoms with E-state index in [9.17, 15) is 0 Å². The summed E-state index contributed by atoms with van der Waals surface area (Å²) >= 11 is 0. The molecule has 28 heavy (non-hydrogen) atoms. The van der Waals surface area contributed by atoms with Gasteiger partial charge in [0.25, 0.3) is 0 Å². The lowest BCUT2D eigenvalue weighted by Gasteiger charge is -2.30. The van der Waals surface area contributed by atoms with Crippen LogP contribution in [0, 0.1) is 5.92 Å². The Hall–Kier alpha value is -3.62. The minimum atomic E-state index is -0.502. The standard InChI is InChI=1S/C19H20N8O/c1-11(2)19(3,17-26-16(27-28-17)13-8-24-25-9-13)14-4-5-15(21-10-14)12-6-22-18(20)23-7-12/h4-11H,1-3H3,(H,24,25)(H2,20,22,23). The highest BCUT2D eigenvalue weighted by Gasteiger charge is 2.38. The molecule has 0 saturated heterocycles. The van der Waals surface area contributed by atoms with E-state index in [1.165, 1.54) is 0 Å². The van der Waals surface area contributed by atoms with Gasteiger partial charge in [0, 0.05) is 30.4 Å². The van der Waals surface area contributed by atoms with Crippen molar-refractivity contribution in [3.63, 3.8) is 0 Å². The number of hydrogen-bond donors (Lipinski definition) is 2. The quantitative estimate of drug-likeness (QED) is 0.543. The maximum absolute atomic E-state index is 5.63. The van der Waals surface area contributed by atoms with Crippen molar-refractivity contribution < 1.29 is 4.52 Å². The summed E-state index contributed by atoms with van der Waals surface area (Å²) in [5.41, 5.74) is 8.36. The molecule has 0 aliphatic heterocycles. The molecule has 3 N–H and O–H groups in total. The summed E-state index contributed by atoms with van der Waals surface area (Å²) < 4.78 is 5.63. The number of aromatic nitrogens is 7. The van der Waals surface area contributed by atoms with Crippen LogP contribution in [0.5, 0.6) is 0 Å². The summed E-state index contributed by atoms with van der Waals surface area (Å²) in [5.74, 6) is 1.46. The van der Waals surface area contributed by atoms with Gasteiger partial charge in [0.15, 0.2) is 0 Å². The molecule has 0 fully saturated rings. The first-order chi connectivity index (χ1) is 13.5. The van der Waals surface area contributed by atoms with Crippen LogP contribution in [0.1, 0.15) is 32.2 Å². The number of aromatic amines is 1. The Labute approximate surface area is 161 Å². The van der Waals surface area contributed by atoms with Gasteiger partial charge in [-0.05, 0) is 24.5 Å². The minimum absolute atomic E-state index is 0.192. The fraction of sp³-hybridized carbons (Fsp3) is 0.263. The maximum Gasteiger partial charge on any atom is 0.237 e. The van der Waals surface area contributed by atoms with E-state index < -0.39 is 5.41 Å². The first kappa shape index (κ1) is 17.8. The van der Waals surface area contributed by atoms with Crippen molar-refractivity contribution in [2.75, 3.05) is 5.73 Å². The third-order valence-electron chi connectivity index (χ3n) is 5.11. The molecule has 9 nitrogen and oxygen atoms in total. The summed E-state index contributed by atoms with van der Waals surface area (Å²) in [4.78, 5) is 17.2. The Morgan fingerprint density at radius 2 is 1.82 bits per heavy atom. The van der Waals surface area contributed by atoms with Crippen LogP contribution in [0.3, 0.4) is 0 Å². The topological polar surface area (TPSA) is 132 Å². The van der Waals surface area contributed by atoms with E-state index >= 15 is 0 Å². The van der Waals surface area contributed by atoms with Crippen molar-refractivity contribution in [1.82, 2.24) is 35.3 Å². The number of H-pyrrole nitrogens is 1. The molecule has 0 amide bonds. The van der Waals surface area contributed by atoms with Gasteiger partial charge >= 0.3 is 0 Å². The predicted molar refractivity (Wildman–Crippen MR) is 103 cm³/mol. The molecule has 142 valence electrons. The zero-order valence-corrected chi connectivity index (χ0v) is 15.8. The maximum atomic E-state index is 5.63. The van der Waals surface area contributed by atoms with Gasteiger partial charge in [-0.1, -0.05) is 25.1 Å². The molecule has 9 heteroatoms. The molecule has 0 saturated carbocycles. The number of nitrogen functional groups attached to an aromatic ring is 1. The summed E-state index contributed by atoms with van der Waals surface area (Å²) in [6, 6.07) is 3.94. The Morgan fingerprint density at radius 1 is 1.04 bits per heavy atom. The molecule has 0 aromatic carbocycles. The summed E-state index contributed by atoms with van der Waals surface area (Å²) in [5, 5.41) is 10.8. The van der Waals surface area contributed by atoms with Crippen LogP contribution in [0.2, 0.25) is 0 Å². The van der Waals surface area contributed by atoms with E-state index in [4.69, 9.17) is 10.3 Å². The molecule has 4 heterocycles. The highest BCUT2D eigenvalue weighted by molar-refractivity contribution is 5.58. The summed E-state index contributed by atoms with van der Waals surface area (Å²) in [6.07, 6.45) is 8.52. The lowest BCUT2D eigenvalue weighted by atomic mass is 9.73. The van der Waals surface area contributed by atoms with Crippen LogP contribution >= 0.6 is 0 Å². The Kier molecular flexibility index (Phi) is 4.34. The average Bonchev–Trinajstić information content (AvgIpc) is 3.40. The van der Waals surface area contributed by atoms with Gasteiger partial charge in [-0.3, -0.25) is 10.1 Å². The zero-order valence-electron chi connectivity index (χ0n) is 15.8. The Morgan fingerprint density at radius 3 is 2.43 bits per heavy atom. The number of nitrogens with one attached hydrogen (secondary N) is 1. The molecule has 1 atom stereocenters. The third kappa shape index (κ3) is 3.00. The molecule has 1 unspecified atom stereocenters. The number of anilines is 1. The fourth-order valence-electron chi connectivity index (χ4n) is 2.97. The molecule has 0 bridgehead atoms. The fourth-order valence-corrected chi connectivity index (χ4v) is 2.97. The van der Waals surface area contributed by atoms with E-state index in [0.29, 0.717) is 11.7 Å². The van der Waals surface area contributed by atoms with Crippen LogP contribution in [-0.2, 0) is 5.41 Å². The second-order valence-electron chi connectivity index (χ2n) is 7.03. The molecular formula is C19H20N8O. The van der Waals surface area contributed by atoms with Crippen molar-refractivity contribution in [3.05, 3.63) is 54.6 Å². The van der Waals surface area contributed by atoms with Crippen LogP contribution in [0.25, 0.3) is 22.6 Å². The van der Waals surface area contributed by atoms with Gasteiger partial charge in [0.05, 0.1) is 22.9 Å². The number of nitrogens with zero attached hydrogens (tertiary/aromatic N) is 6. The smallest absolute Gasteiger partial charge is 0.237 e. The normalized spacial score (nSPS) is 13.6. The van der Waals surface area contributed by atoms with E-state index in [2.05, 4.69) is 56.1 Å². The molecule has 0 radical (unpaired) electrons. The van der Waals surface area contributed by atoms with Crippen molar-refractivity contribution in [1.29, 1.82) is 0 Å². The average molecular weight is 376 g/mol. The van der Waals surface area contributed by atoms with Gasteiger partial charge in [-0.25, -0.2) is 9.97 Å². The first-order valence-corrected chi connectivity index (χ1v) is 8.86. The van der Waals surface area contributed by atoms with Crippen LogP contribution in [-0.4, -0.2) is 35.3 Å². The minimum Gasteiger partial charge on any atom is -0.368 e. The monoisotopic (exact) mass is 376 g/mol. The summed E-state index contributed by atoms with van der Waals surface area (Å²) in [7, 11) is 0. The van der Waals surface area contributed by atoms with Crippen LogP contribution in [0.15, 0.2) is 47.6 Å². The highest BCUT2D eigenvalue weighted by atomic mass is 16.5. The zero-order chi connectivity index (χ0) is 19.7. The molecular weight excluding hydrogens is 356 g/mol. The second kappa shape index (κ2) is 6.84. The largest absolute Gasteiger partial charge is 0.368 e. The SMILES string of the molecule is CC(C)C(C)(c1ccc(-c2cnc(N)nc2)nc1)c1nc(-c2cn[nH]c2)no1. The molecule has 0 aliphatic rings. The second-order valence-corrected chi connectivity index (χ2v) is 7.03. The first-order valence-electron chi connectivity index (χ1n) is 8.86. The number of pyridine rings is 1. The van der Waals surface area contributed by atoms with Crippen LogP contribution < -0.4 is 5.73 Å². The predicted octanol–water partition coefficient (Wildman–Crippen LogP) is 2.86. The Balaban J connectivity index is 1.70. The Bertz CT molecular complexity index is 1050. The molecule has 4 aromatic rings. The van der Waals surface area contributed by atoms with Gasteiger partial charge in [0.1, 0.15) is 0 Å². The van der Waals surface area contributed by atoms with Gasteiger partial charge in [0.2, 0.25) is 17.7 Å². The van der Waals surface area contributed by atoms with E-state index in [0.717, 1.165) is 22.4 Å². The number of nitrogens with two attached hydrogens (primary N) is 1. The van der Waals surface area contributed by atoms with Crippen molar-refractivity contribution >= 4 is 5.95 Å². The number of rotatable bonds is 5. The van der Waals surface area contributed by atoms with E-state index in [1.54, 1.807) is 24.8 Å². The molecule has 4 rings (SSSR count). The van der Waals surface area contributed by atoms with Gasteiger partial charge < -0.3 is 10.3 Å². The van der Waals surface area contributed by atoms with Crippen molar-refractivity contribution in [2.45, 2.75) is 26.2 Å². The van der Waals surface area contributed by atoms with Gasteiger partial charge in [-0.2, -0.15) is 10.1 Å². The highest BCUT2D eigenvalue weighted by Crippen LogP contribution is 2.38. The van der Waals surface area contributed by atoms with Crippen LogP contribution in [0.4, 0.5) is 5.95 Å². The number of hydrogen-bond acceptors (Lipinski definition) is 8. The lowest BCUT2D eigenvalue weighted by Crippen LogP contribution is -2.30. The molecule has 0 aliphatic carbocycles. The van der Waals surface area contributed by atoms with Crippen molar-refractivity contribution in [2.24, 2.45) is 5.92 Å². The lowest BCUT2D eigenvalue weighted by molar-refractivity contribution is 0.273. The van der Waals surface area contributed by atoms with E-state index in [1.807, 2.05) is 18.3 Å². The van der Waals surface area contributed by atoms with E-state index in [-0.39, 0.29) is 11.9 Å². The molecule has 0 spiro atoms. The third-order valence-corrected chi connectivity index (χ3v) is 5.11. The van der Waals surface area contributed by atoms with Gasteiger partial charge in [-0.15, -0.1) is 0 Å².